The van der Waals surface area contributed by atoms with Gasteiger partial charge in [0.15, 0.2) is 5.82 Å². The van der Waals surface area contributed by atoms with E-state index in [4.69, 9.17) is 5.53 Å². The van der Waals surface area contributed by atoms with Crippen LogP contribution in [0.5, 0.6) is 0 Å². The molecule has 2 aromatic heterocycles. The topological polar surface area (TPSA) is 115 Å². The van der Waals surface area contributed by atoms with E-state index in [1.807, 2.05) is 0 Å². The predicted octanol–water partition coefficient (Wildman–Crippen LogP) is 1.68. The summed E-state index contributed by atoms with van der Waals surface area (Å²) in [4.78, 5) is 27.0. The quantitative estimate of drug-likeness (QED) is 0.645. The van der Waals surface area contributed by atoms with Crippen LogP contribution in [-0.2, 0) is 0 Å². The lowest BCUT2D eigenvalue weighted by Crippen LogP contribution is -2.30. The van der Waals surface area contributed by atoms with Crippen molar-refractivity contribution in [1.82, 2.24) is 19.7 Å². The Morgan fingerprint density at radius 1 is 1.26 bits per heavy atom. The molecular formula is C14H18N8O. The SMILES string of the molecule is N=NCC=Nc1c[nH]n(-c2cc(N3CCCCC3)ncn2)c1=O. The molecule has 2 aromatic rings. The molecule has 23 heavy (non-hydrogen) atoms. The number of rotatable bonds is 5. The Labute approximate surface area is 132 Å². The smallest absolute Gasteiger partial charge is 0.298 e. The number of aromatic nitrogens is 4. The second-order valence-electron chi connectivity index (χ2n) is 5.23. The average molecular weight is 314 g/mol. The molecule has 9 heteroatoms. The maximum atomic E-state index is 12.3. The van der Waals surface area contributed by atoms with E-state index >= 15 is 0 Å². The van der Waals surface area contributed by atoms with Crippen molar-refractivity contribution in [2.24, 2.45) is 10.1 Å². The van der Waals surface area contributed by atoms with Crippen molar-refractivity contribution >= 4 is 17.7 Å². The molecule has 0 amide bonds. The Kier molecular flexibility index (Phi) is 4.55. The number of nitrogens with one attached hydrogen (secondary N) is 2. The van der Waals surface area contributed by atoms with Crippen LogP contribution in [0, 0.1) is 5.53 Å². The number of hydrogen-bond acceptors (Lipinski definition) is 7. The number of H-pyrrole nitrogens is 1. The van der Waals surface area contributed by atoms with Gasteiger partial charge in [-0.1, -0.05) is 0 Å². The highest BCUT2D eigenvalue weighted by atomic mass is 16.1. The first-order valence-electron chi connectivity index (χ1n) is 7.53. The van der Waals surface area contributed by atoms with Gasteiger partial charge >= 0.3 is 0 Å². The van der Waals surface area contributed by atoms with Gasteiger partial charge in [0.25, 0.3) is 5.56 Å². The van der Waals surface area contributed by atoms with Crippen LogP contribution in [-0.4, -0.2) is 45.6 Å². The van der Waals surface area contributed by atoms with E-state index < -0.39 is 0 Å². The zero-order valence-corrected chi connectivity index (χ0v) is 12.6. The van der Waals surface area contributed by atoms with Gasteiger partial charge in [-0.15, -0.1) is 0 Å². The Morgan fingerprint density at radius 2 is 2.04 bits per heavy atom. The third-order valence-corrected chi connectivity index (χ3v) is 3.70. The maximum absolute atomic E-state index is 12.3. The lowest BCUT2D eigenvalue weighted by atomic mass is 10.1. The average Bonchev–Trinajstić information content (AvgIpc) is 2.97. The maximum Gasteiger partial charge on any atom is 0.298 e. The molecule has 0 spiro atoms. The number of nitrogens with zero attached hydrogens (tertiary/aromatic N) is 6. The van der Waals surface area contributed by atoms with Gasteiger partial charge in [-0.2, -0.15) is 9.80 Å². The molecular weight excluding hydrogens is 296 g/mol. The summed E-state index contributed by atoms with van der Waals surface area (Å²) in [6.07, 6.45) is 7.95. The van der Waals surface area contributed by atoms with Crippen LogP contribution in [0.4, 0.5) is 11.5 Å². The number of hydrogen-bond donors (Lipinski definition) is 2. The number of aliphatic imine (C=N–C) groups is 1. The van der Waals surface area contributed by atoms with Crippen molar-refractivity contribution in [3.05, 3.63) is 28.9 Å². The largest absolute Gasteiger partial charge is 0.356 e. The second-order valence-corrected chi connectivity index (χ2v) is 5.23. The van der Waals surface area contributed by atoms with Gasteiger partial charge in [-0.05, 0) is 19.3 Å². The van der Waals surface area contributed by atoms with Gasteiger partial charge in [0, 0.05) is 25.4 Å². The molecule has 3 heterocycles. The Balaban J connectivity index is 1.87. The molecule has 0 saturated carbocycles. The summed E-state index contributed by atoms with van der Waals surface area (Å²) in [5, 5.41) is 6.02. The fourth-order valence-electron chi connectivity index (χ4n) is 2.56. The van der Waals surface area contributed by atoms with Crippen LogP contribution >= 0.6 is 0 Å². The van der Waals surface area contributed by atoms with Crippen LogP contribution in [0.25, 0.3) is 5.82 Å². The first kappa shape index (κ1) is 15.1. The number of piperidine rings is 1. The summed E-state index contributed by atoms with van der Waals surface area (Å²) in [6.45, 7) is 2.10. The van der Waals surface area contributed by atoms with Gasteiger partial charge < -0.3 is 4.90 Å². The lowest BCUT2D eigenvalue weighted by molar-refractivity contribution is 0.572. The van der Waals surface area contributed by atoms with Crippen LogP contribution in [0.3, 0.4) is 0 Å². The minimum absolute atomic E-state index is 0.150. The van der Waals surface area contributed by atoms with Crippen LogP contribution in [0.1, 0.15) is 19.3 Å². The molecule has 1 aliphatic rings. The minimum atomic E-state index is -0.297. The molecule has 1 aliphatic heterocycles. The molecule has 0 unspecified atom stereocenters. The van der Waals surface area contributed by atoms with Gasteiger partial charge in [-0.25, -0.2) is 15.5 Å². The van der Waals surface area contributed by atoms with Crippen LogP contribution < -0.4 is 10.5 Å². The third-order valence-electron chi connectivity index (χ3n) is 3.70. The summed E-state index contributed by atoms with van der Waals surface area (Å²) in [6, 6.07) is 1.80. The van der Waals surface area contributed by atoms with Crippen LogP contribution in [0.2, 0.25) is 0 Å². The number of aromatic amines is 1. The van der Waals surface area contributed by atoms with E-state index in [1.165, 1.54) is 29.8 Å². The summed E-state index contributed by atoms with van der Waals surface area (Å²) in [5.41, 5.74) is 6.66. The monoisotopic (exact) mass is 314 g/mol. The highest BCUT2D eigenvalue weighted by Crippen LogP contribution is 2.18. The molecule has 1 saturated heterocycles. The van der Waals surface area contributed by atoms with Crippen molar-refractivity contribution in [2.75, 3.05) is 24.5 Å². The Hall–Kier alpha value is -2.84. The van der Waals surface area contributed by atoms with E-state index in [0.29, 0.717) is 5.82 Å². The molecule has 0 aliphatic carbocycles. The lowest BCUT2D eigenvalue weighted by Gasteiger charge is -2.27. The fraction of sp³-hybridized carbons (Fsp3) is 0.429. The van der Waals surface area contributed by atoms with Crippen LogP contribution in [0.15, 0.2) is 33.5 Å². The van der Waals surface area contributed by atoms with E-state index in [-0.39, 0.29) is 17.8 Å². The molecule has 1 fully saturated rings. The van der Waals surface area contributed by atoms with Gasteiger partial charge in [0.2, 0.25) is 0 Å². The molecule has 120 valence electrons. The molecule has 0 radical (unpaired) electrons. The van der Waals surface area contributed by atoms with Gasteiger partial charge in [0.05, 0.1) is 12.7 Å². The normalized spacial score (nSPS) is 15.2. The first-order valence-corrected chi connectivity index (χ1v) is 7.53. The summed E-state index contributed by atoms with van der Waals surface area (Å²) < 4.78 is 1.33. The van der Waals surface area contributed by atoms with Crippen molar-refractivity contribution in [2.45, 2.75) is 19.3 Å². The van der Waals surface area contributed by atoms with Crippen molar-refractivity contribution < 1.29 is 0 Å². The zero-order chi connectivity index (χ0) is 16.1. The molecule has 0 atom stereocenters. The molecule has 3 rings (SSSR count). The zero-order valence-electron chi connectivity index (χ0n) is 12.6. The Morgan fingerprint density at radius 3 is 2.83 bits per heavy atom. The standard InChI is InChI=1S/C14H18N8O/c15-19-5-4-16-11-9-20-22(14(11)23)13-8-12(17-10-18-13)21-6-2-1-3-7-21/h4,8-10,15,20H,1-3,5-7H2. The Bertz CT molecular complexity index is 756. The first-order chi connectivity index (χ1) is 11.3. The molecule has 0 aromatic carbocycles. The minimum Gasteiger partial charge on any atom is -0.356 e. The third kappa shape index (κ3) is 3.33. The van der Waals surface area contributed by atoms with E-state index in [2.05, 4.69) is 30.1 Å². The predicted molar refractivity (Wildman–Crippen MR) is 86.2 cm³/mol. The molecule has 9 nitrogen and oxygen atoms in total. The molecule has 2 N–H and O–H groups in total. The van der Waals surface area contributed by atoms with Gasteiger partial charge in [-0.3, -0.25) is 14.9 Å². The van der Waals surface area contributed by atoms with Crippen molar-refractivity contribution in [3.8, 4) is 5.82 Å². The van der Waals surface area contributed by atoms with Crippen molar-refractivity contribution in [3.63, 3.8) is 0 Å². The highest BCUT2D eigenvalue weighted by Gasteiger charge is 2.14. The van der Waals surface area contributed by atoms with E-state index in [1.54, 1.807) is 6.07 Å². The number of anilines is 1. The summed E-state index contributed by atoms with van der Waals surface area (Å²) >= 11 is 0. The van der Waals surface area contributed by atoms with Gasteiger partial charge in [0.1, 0.15) is 17.8 Å². The van der Waals surface area contributed by atoms with E-state index in [9.17, 15) is 4.79 Å². The van der Waals surface area contributed by atoms with E-state index in [0.717, 1.165) is 31.7 Å². The fourth-order valence-corrected chi connectivity index (χ4v) is 2.56. The second kappa shape index (κ2) is 6.95. The summed E-state index contributed by atoms with van der Waals surface area (Å²) in [7, 11) is 0. The highest BCUT2D eigenvalue weighted by molar-refractivity contribution is 5.64. The molecule has 0 bridgehead atoms. The van der Waals surface area contributed by atoms with Crippen molar-refractivity contribution in [1.29, 1.82) is 5.53 Å². The summed E-state index contributed by atoms with van der Waals surface area (Å²) in [5.74, 6) is 1.31.